The number of rotatable bonds is 15. The first-order chi connectivity index (χ1) is 22.6. The number of unbranched alkanes of at least 4 members (excludes halogenated alkanes) is 2. The van der Waals surface area contributed by atoms with Crippen molar-refractivity contribution in [3.8, 4) is 11.5 Å². The number of carboxylic acids is 1. The van der Waals surface area contributed by atoms with Gasteiger partial charge in [-0.15, -0.1) is 23.1 Å². The number of phenolic OH excluding ortho intramolecular Hbond substituents is 1. The summed E-state index contributed by atoms with van der Waals surface area (Å²) < 4.78 is 6.35. The molecular weight excluding hydrogens is 635 g/mol. The van der Waals surface area contributed by atoms with E-state index >= 15 is 0 Å². The molecule has 3 heterocycles. The summed E-state index contributed by atoms with van der Waals surface area (Å²) in [5.41, 5.74) is 3.71. The van der Waals surface area contributed by atoms with E-state index in [-0.39, 0.29) is 43.0 Å². The minimum atomic E-state index is -1.17. The number of phenols is 1. The predicted octanol–water partition coefficient (Wildman–Crippen LogP) is 6.19. The molecule has 4 atom stereocenters. The van der Waals surface area contributed by atoms with Gasteiger partial charge in [0, 0.05) is 28.7 Å². The highest BCUT2D eigenvalue weighted by Crippen LogP contribution is 2.47. The van der Waals surface area contributed by atoms with Crippen LogP contribution in [-0.4, -0.2) is 63.3 Å². The molecule has 11 heteroatoms. The number of hydrogen-bond acceptors (Lipinski definition) is 8. The highest BCUT2D eigenvalue weighted by Gasteiger charge is 2.54. The number of allylic oxidation sites excluding steroid dienone is 2. The standard InChI is InChI=1S/C36H47N3O6S2/c1-5-6-7-9-23-15-28(40)31(27-14-22(4)11-12-26(27)21(2)3)29(16-23)45-20-37-18-24-19-47-35-32(34(42)39(35)33(24)36(43)44)38-30(41)17-25-10-8-13-46-25/h8,10,13-16,21,26-27,32,35,37,40H,5-7,9,11-12,17-20H2,1-4H3,(H,38,41)(H,43,44)/t26-,27+,32+,35+/m0/s1. The molecule has 0 spiro atoms. The number of β-lactam (4-membered cyclic amide) rings is 1. The minimum Gasteiger partial charge on any atom is -0.507 e. The third kappa shape index (κ3) is 8.06. The van der Waals surface area contributed by atoms with Gasteiger partial charge in [0.2, 0.25) is 5.91 Å². The van der Waals surface area contributed by atoms with E-state index in [1.165, 1.54) is 33.6 Å². The lowest BCUT2D eigenvalue weighted by molar-refractivity contribution is -0.150. The Morgan fingerprint density at radius 2 is 2.02 bits per heavy atom. The lowest BCUT2D eigenvalue weighted by atomic mass is 9.71. The van der Waals surface area contributed by atoms with Crippen LogP contribution in [0.5, 0.6) is 11.5 Å². The van der Waals surface area contributed by atoms with Crippen molar-refractivity contribution < 1.29 is 29.3 Å². The first-order valence-corrected chi connectivity index (χ1v) is 18.6. The van der Waals surface area contributed by atoms with Gasteiger partial charge in [-0.05, 0) is 79.2 Å². The molecule has 4 N–H and O–H groups in total. The number of thiophene rings is 1. The number of benzene rings is 1. The summed E-state index contributed by atoms with van der Waals surface area (Å²) in [6.45, 7) is 9.10. The maximum absolute atomic E-state index is 13.1. The average molecular weight is 682 g/mol. The van der Waals surface area contributed by atoms with E-state index in [0.29, 0.717) is 28.9 Å². The lowest BCUT2D eigenvalue weighted by Gasteiger charge is -2.49. The molecule has 3 aliphatic rings. The predicted molar refractivity (Wildman–Crippen MR) is 187 cm³/mol. The fourth-order valence-corrected chi connectivity index (χ4v) is 8.97. The summed E-state index contributed by atoms with van der Waals surface area (Å²) in [7, 11) is 0. The van der Waals surface area contributed by atoms with Crippen LogP contribution in [0, 0.1) is 11.8 Å². The van der Waals surface area contributed by atoms with Crippen molar-refractivity contribution in [2.45, 2.75) is 90.0 Å². The Morgan fingerprint density at radius 3 is 2.72 bits per heavy atom. The molecule has 0 unspecified atom stereocenters. The zero-order valence-electron chi connectivity index (χ0n) is 27.7. The Hall–Kier alpha value is -3.28. The third-order valence-corrected chi connectivity index (χ3v) is 11.6. The fraction of sp³-hybridized carbons (Fsp3) is 0.528. The van der Waals surface area contributed by atoms with Gasteiger partial charge in [0.25, 0.3) is 5.91 Å². The molecule has 254 valence electrons. The van der Waals surface area contributed by atoms with E-state index in [1.807, 2.05) is 23.6 Å². The van der Waals surface area contributed by atoms with Gasteiger partial charge in [0.15, 0.2) is 0 Å². The van der Waals surface area contributed by atoms with Crippen LogP contribution in [0.1, 0.15) is 81.7 Å². The molecule has 1 fully saturated rings. The number of aliphatic carboxylic acids is 1. The van der Waals surface area contributed by atoms with E-state index in [2.05, 4.69) is 50.5 Å². The van der Waals surface area contributed by atoms with Gasteiger partial charge in [-0.3, -0.25) is 19.8 Å². The summed E-state index contributed by atoms with van der Waals surface area (Å²) in [5.74, 6) is 0.319. The number of carboxylic acid groups (broad SMARTS) is 1. The molecule has 5 rings (SSSR count). The first kappa shape index (κ1) is 35.0. The van der Waals surface area contributed by atoms with Gasteiger partial charge < -0.3 is 20.3 Å². The maximum Gasteiger partial charge on any atom is 0.352 e. The van der Waals surface area contributed by atoms with E-state index in [1.54, 1.807) is 0 Å². The Kier molecular flexibility index (Phi) is 11.7. The van der Waals surface area contributed by atoms with Crippen LogP contribution in [0.4, 0.5) is 0 Å². The smallest absolute Gasteiger partial charge is 0.352 e. The molecule has 2 amide bonds. The number of nitrogens with one attached hydrogen (secondary N) is 2. The topological polar surface area (TPSA) is 128 Å². The number of carbonyl (C=O) groups excluding carboxylic acids is 2. The van der Waals surface area contributed by atoms with Gasteiger partial charge in [0.1, 0.15) is 35.3 Å². The number of ether oxygens (including phenoxy) is 1. The number of fused-ring (bicyclic) bond motifs is 1. The van der Waals surface area contributed by atoms with Gasteiger partial charge in [-0.1, -0.05) is 51.3 Å². The van der Waals surface area contributed by atoms with E-state index in [9.17, 15) is 24.6 Å². The maximum atomic E-state index is 13.1. The van der Waals surface area contributed by atoms with E-state index < -0.39 is 23.3 Å². The van der Waals surface area contributed by atoms with Crippen LogP contribution in [-0.2, 0) is 27.2 Å². The highest BCUT2D eigenvalue weighted by atomic mass is 32.2. The van der Waals surface area contributed by atoms with Gasteiger partial charge in [-0.25, -0.2) is 4.79 Å². The summed E-state index contributed by atoms with van der Waals surface area (Å²) in [6.07, 6.45) is 8.68. The summed E-state index contributed by atoms with van der Waals surface area (Å²) in [6, 6.07) is 6.93. The molecule has 1 aromatic heterocycles. The molecule has 0 bridgehead atoms. The summed E-state index contributed by atoms with van der Waals surface area (Å²) in [4.78, 5) is 40.2. The SMILES string of the molecule is CCCCCc1cc(O)c([C@@H]2C=C(C)CC[C@H]2C(C)C)c(OCNCC2=C(C(=O)O)N3C(=O)[C@@H](NC(=O)Cc4cccs4)[C@H]3SC2)c1. The van der Waals surface area contributed by atoms with Crippen molar-refractivity contribution in [1.29, 1.82) is 0 Å². The van der Waals surface area contributed by atoms with Crippen LogP contribution in [0.15, 0.2) is 52.6 Å². The molecular formula is C36H47N3O6S2. The monoisotopic (exact) mass is 681 g/mol. The normalized spacial score (nSPS) is 22.5. The zero-order valence-corrected chi connectivity index (χ0v) is 29.3. The van der Waals surface area contributed by atoms with Crippen LogP contribution >= 0.6 is 23.1 Å². The third-order valence-electron chi connectivity index (χ3n) is 9.39. The second-order valence-electron chi connectivity index (χ2n) is 13.2. The first-order valence-electron chi connectivity index (χ1n) is 16.7. The van der Waals surface area contributed by atoms with Crippen molar-refractivity contribution in [3.05, 3.63) is 68.6 Å². The fourth-order valence-electron chi connectivity index (χ4n) is 6.92. The number of aryl methyl sites for hydroxylation is 1. The summed E-state index contributed by atoms with van der Waals surface area (Å²) in [5, 5.41) is 29.0. The second kappa shape index (κ2) is 15.7. The quantitative estimate of drug-likeness (QED) is 0.0759. The van der Waals surface area contributed by atoms with Gasteiger partial charge in [-0.2, -0.15) is 0 Å². The number of amides is 2. The number of carbonyl (C=O) groups is 3. The second-order valence-corrected chi connectivity index (χ2v) is 15.3. The highest BCUT2D eigenvalue weighted by molar-refractivity contribution is 8.00. The van der Waals surface area contributed by atoms with Crippen LogP contribution < -0.4 is 15.4 Å². The van der Waals surface area contributed by atoms with Crippen LogP contribution in [0.3, 0.4) is 0 Å². The average Bonchev–Trinajstić information content (AvgIpc) is 3.54. The van der Waals surface area contributed by atoms with Crippen molar-refractivity contribution in [2.75, 3.05) is 19.0 Å². The number of thioether (sulfide) groups is 1. The molecule has 1 aliphatic carbocycles. The largest absolute Gasteiger partial charge is 0.507 e. The van der Waals surface area contributed by atoms with Crippen molar-refractivity contribution >= 4 is 40.9 Å². The number of nitrogens with zero attached hydrogens (tertiary/aromatic N) is 1. The molecule has 47 heavy (non-hydrogen) atoms. The summed E-state index contributed by atoms with van der Waals surface area (Å²) >= 11 is 2.92. The molecule has 1 aromatic carbocycles. The zero-order chi connectivity index (χ0) is 33.7. The van der Waals surface area contributed by atoms with Crippen molar-refractivity contribution in [1.82, 2.24) is 15.5 Å². The molecule has 1 saturated heterocycles. The Bertz CT molecular complexity index is 1520. The molecule has 0 radical (unpaired) electrons. The van der Waals surface area contributed by atoms with Gasteiger partial charge in [0.05, 0.1) is 6.42 Å². The van der Waals surface area contributed by atoms with Crippen LogP contribution in [0.25, 0.3) is 0 Å². The Balaban J connectivity index is 1.28. The molecule has 2 aliphatic heterocycles. The molecule has 9 nitrogen and oxygen atoms in total. The van der Waals surface area contributed by atoms with E-state index in [0.717, 1.165) is 54.5 Å². The van der Waals surface area contributed by atoms with Crippen molar-refractivity contribution in [3.63, 3.8) is 0 Å². The minimum absolute atomic E-state index is 0.0335. The molecule has 0 saturated carbocycles. The Morgan fingerprint density at radius 1 is 1.21 bits per heavy atom. The van der Waals surface area contributed by atoms with Gasteiger partial charge >= 0.3 is 5.97 Å². The lowest BCUT2D eigenvalue weighted by Crippen LogP contribution is -2.70. The Labute approximate surface area is 285 Å². The number of aromatic hydroxyl groups is 1. The number of hydrogen-bond donors (Lipinski definition) is 4. The van der Waals surface area contributed by atoms with Crippen molar-refractivity contribution in [2.24, 2.45) is 11.8 Å². The van der Waals surface area contributed by atoms with Crippen LogP contribution in [0.2, 0.25) is 0 Å². The molecule has 2 aromatic rings. The van der Waals surface area contributed by atoms with E-state index in [4.69, 9.17) is 4.74 Å².